The lowest BCUT2D eigenvalue weighted by molar-refractivity contribution is 0.304. The Morgan fingerprint density at radius 2 is 1.75 bits per heavy atom. The Bertz CT molecular complexity index is 559. The van der Waals surface area contributed by atoms with E-state index < -0.39 is 0 Å². The van der Waals surface area contributed by atoms with Gasteiger partial charge in [0.25, 0.3) is 0 Å². The van der Waals surface area contributed by atoms with Crippen LogP contribution in [0.25, 0.3) is 0 Å². The quantitative estimate of drug-likeness (QED) is 0.824. The Balaban J connectivity index is 1.68. The zero-order valence-electron chi connectivity index (χ0n) is 12.0. The Morgan fingerprint density at radius 3 is 2.45 bits per heavy atom. The second-order valence-corrected chi connectivity index (χ2v) is 5.42. The summed E-state index contributed by atoms with van der Waals surface area (Å²) in [5.74, 6) is 0.983. The summed E-state index contributed by atoms with van der Waals surface area (Å²) in [6.45, 7) is 5.12. The molecule has 1 aliphatic rings. The third-order valence-corrected chi connectivity index (χ3v) is 3.87. The maximum absolute atomic E-state index is 5.92. The number of hydrogen-bond donors (Lipinski definition) is 0. The van der Waals surface area contributed by atoms with Crippen molar-refractivity contribution in [3.63, 3.8) is 0 Å². The van der Waals surface area contributed by atoms with Gasteiger partial charge in [-0.25, -0.2) is 0 Å². The minimum absolute atomic E-state index is 0.630. The molecule has 2 nitrogen and oxygen atoms in total. The summed E-state index contributed by atoms with van der Waals surface area (Å²) in [6, 6.07) is 16.8. The van der Waals surface area contributed by atoms with E-state index >= 15 is 0 Å². The molecule has 0 aromatic heterocycles. The molecule has 0 unspecified atom stereocenters. The van der Waals surface area contributed by atoms with Crippen molar-refractivity contribution in [1.82, 2.24) is 0 Å². The topological polar surface area (TPSA) is 12.5 Å². The van der Waals surface area contributed by atoms with E-state index in [-0.39, 0.29) is 0 Å². The minimum Gasteiger partial charge on any atom is -0.489 e. The van der Waals surface area contributed by atoms with Crippen molar-refractivity contribution in [2.45, 2.75) is 26.4 Å². The summed E-state index contributed by atoms with van der Waals surface area (Å²) in [7, 11) is 0. The first-order valence-corrected chi connectivity index (χ1v) is 7.35. The molecule has 1 fully saturated rings. The highest BCUT2D eigenvalue weighted by molar-refractivity contribution is 5.53. The van der Waals surface area contributed by atoms with Gasteiger partial charge in [-0.2, -0.15) is 0 Å². The van der Waals surface area contributed by atoms with Crippen LogP contribution in [0.5, 0.6) is 5.75 Å². The van der Waals surface area contributed by atoms with Crippen LogP contribution in [0, 0.1) is 6.92 Å². The molecule has 1 aliphatic heterocycles. The number of rotatable bonds is 4. The third kappa shape index (κ3) is 2.96. The first-order valence-electron chi connectivity index (χ1n) is 7.35. The molecule has 0 saturated carbocycles. The zero-order valence-corrected chi connectivity index (χ0v) is 12.0. The zero-order chi connectivity index (χ0) is 13.8. The van der Waals surface area contributed by atoms with Gasteiger partial charge in [-0.3, -0.25) is 0 Å². The van der Waals surface area contributed by atoms with Gasteiger partial charge >= 0.3 is 0 Å². The summed E-state index contributed by atoms with van der Waals surface area (Å²) < 4.78 is 5.92. The molecule has 1 saturated heterocycles. The van der Waals surface area contributed by atoms with Gasteiger partial charge in [0, 0.05) is 18.8 Å². The predicted octanol–water partition coefficient (Wildman–Crippen LogP) is 4.17. The summed E-state index contributed by atoms with van der Waals surface area (Å²) in [6.07, 6.45) is 2.62. The summed E-state index contributed by atoms with van der Waals surface area (Å²) in [5, 5.41) is 0. The van der Waals surface area contributed by atoms with Crippen LogP contribution in [0.1, 0.15) is 24.0 Å². The molecule has 0 amide bonds. The van der Waals surface area contributed by atoms with Gasteiger partial charge < -0.3 is 9.64 Å². The summed E-state index contributed by atoms with van der Waals surface area (Å²) >= 11 is 0. The van der Waals surface area contributed by atoms with E-state index in [0.717, 1.165) is 5.75 Å². The highest BCUT2D eigenvalue weighted by Crippen LogP contribution is 2.27. The molecule has 0 N–H and O–H groups in total. The Morgan fingerprint density at radius 1 is 1.00 bits per heavy atom. The Kier molecular flexibility index (Phi) is 3.91. The second-order valence-electron chi connectivity index (χ2n) is 5.42. The molecule has 0 bridgehead atoms. The normalized spacial score (nSPS) is 14.6. The molecule has 104 valence electrons. The van der Waals surface area contributed by atoms with Crippen LogP contribution >= 0.6 is 0 Å². The molecule has 20 heavy (non-hydrogen) atoms. The van der Waals surface area contributed by atoms with E-state index in [1.54, 1.807) is 0 Å². The van der Waals surface area contributed by atoms with Gasteiger partial charge in [-0.15, -0.1) is 0 Å². The molecule has 1 heterocycles. The van der Waals surface area contributed by atoms with Gasteiger partial charge in [0.05, 0.1) is 0 Å². The molecule has 0 aliphatic carbocycles. The van der Waals surface area contributed by atoms with E-state index in [9.17, 15) is 0 Å². The second kappa shape index (κ2) is 6.00. The number of benzene rings is 2. The SMILES string of the molecule is Cc1cc(N2CCCC2)ccc1OCc1ccccc1. The average molecular weight is 267 g/mol. The third-order valence-electron chi connectivity index (χ3n) is 3.87. The monoisotopic (exact) mass is 267 g/mol. The minimum atomic E-state index is 0.630. The highest BCUT2D eigenvalue weighted by Gasteiger charge is 2.13. The fourth-order valence-electron chi connectivity index (χ4n) is 2.70. The molecule has 2 heteroatoms. The first-order chi connectivity index (χ1) is 9.83. The highest BCUT2D eigenvalue weighted by atomic mass is 16.5. The lowest BCUT2D eigenvalue weighted by Gasteiger charge is -2.19. The van der Waals surface area contributed by atoms with Crippen LogP contribution < -0.4 is 9.64 Å². The largest absolute Gasteiger partial charge is 0.489 e. The van der Waals surface area contributed by atoms with E-state index in [4.69, 9.17) is 4.74 Å². The van der Waals surface area contributed by atoms with Gasteiger partial charge in [0.1, 0.15) is 12.4 Å². The van der Waals surface area contributed by atoms with Gasteiger partial charge in [-0.1, -0.05) is 30.3 Å². The molecule has 0 spiro atoms. The van der Waals surface area contributed by atoms with Crippen LogP contribution in [-0.4, -0.2) is 13.1 Å². The van der Waals surface area contributed by atoms with E-state index in [0.29, 0.717) is 6.61 Å². The van der Waals surface area contributed by atoms with E-state index in [1.165, 1.54) is 42.7 Å². The average Bonchev–Trinajstić information content (AvgIpc) is 3.01. The molecule has 0 radical (unpaired) electrons. The molecular formula is C18H21NO. The molecule has 3 rings (SSSR count). The molecule has 2 aromatic carbocycles. The van der Waals surface area contributed by atoms with Crippen molar-refractivity contribution in [2.75, 3.05) is 18.0 Å². The molecule has 0 atom stereocenters. The number of ether oxygens (including phenoxy) is 1. The lowest BCUT2D eigenvalue weighted by atomic mass is 10.2. The Hall–Kier alpha value is -1.96. The first kappa shape index (κ1) is 13.0. The molecular weight excluding hydrogens is 246 g/mol. The summed E-state index contributed by atoms with van der Waals surface area (Å²) in [4.78, 5) is 2.45. The fourth-order valence-corrected chi connectivity index (χ4v) is 2.70. The van der Waals surface area contributed by atoms with E-state index in [2.05, 4.69) is 42.2 Å². The molecule has 2 aromatic rings. The predicted molar refractivity (Wildman–Crippen MR) is 83.4 cm³/mol. The van der Waals surface area contributed by atoms with E-state index in [1.807, 2.05) is 18.2 Å². The summed E-state index contributed by atoms with van der Waals surface area (Å²) in [5.41, 5.74) is 3.74. The van der Waals surface area contributed by atoms with Crippen molar-refractivity contribution in [3.8, 4) is 5.75 Å². The van der Waals surface area contributed by atoms with Gasteiger partial charge in [-0.05, 0) is 49.1 Å². The van der Waals surface area contributed by atoms with Crippen molar-refractivity contribution in [3.05, 3.63) is 59.7 Å². The van der Waals surface area contributed by atoms with Crippen molar-refractivity contribution < 1.29 is 4.74 Å². The van der Waals surface area contributed by atoms with Crippen LogP contribution in [0.2, 0.25) is 0 Å². The maximum atomic E-state index is 5.92. The van der Waals surface area contributed by atoms with Crippen LogP contribution in [0.3, 0.4) is 0 Å². The van der Waals surface area contributed by atoms with Gasteiger partial charge in [0.2, 0.25) is 0 Å². The van der Waals surface area contributed by atoms with Crippen LogP contribution in [0.15, 0.2) is 48.5 Å². The van der Waals surface area contributed by atoms with Crippen LogP contribution in [-0.2, 0) is 6.61 Å². The smallest absolute Gasteiger partial charge is 0.122 e. The van der Waals surface area contributed by atoms with Crippen molar-refractivity contribution in [1.29, 1.82) is 0 Å². The standard InChI is InChI=1S/C18H21NO/c1-15-13-17(19-11-5-6-12-19)9-10-18(15)20-14-16-7-3-2-4-8-16/h2-4,7-10,13H,5-6,11-12,14H2,1H3. The fraction of sp³-hybridized carbons (Fsp3) is 0.333. The van der Waals surface area contributed by atoms with Crippen molar-refractivity contribution in [2.24, 2.45) is 0 Å². The lowest BCUT2D eigenvalue weighted by Crippen LogP contribution is -2.17. The number of anilines is 1. The number of aryl methyl sites for hydroxylation is 1. The maximum Gasteiger partial charge on any atom is 0.122 e. The Labute approximate surface area is 121 Å². The van der Waals surface area contributed by atoms with Crippen LogP contribution in [0.4, 0.5) is 5.69 Å². The number of hydrogen-bond acceptors (Lipinski definition) is 2. The number of nitrogens with zero attached hydrogens (tertiary/aromatic N) is 1. The van der Waals surface area contributed by atoms with Crippen molar-refractivity contribution >= 4 is 5.69 Å². The van der Waals surface area contributed by atoms with Gasteiger partial charge in [0.15, 0.2) is 0 Å².